The number of nitrogens with two attached hydrogens (primary N) is 1. The van der Waals surface area contributed by atoms with Gasteiger partial charge in [-0.2, -0.15) is 0 Å². The number of aromatic nitrogens is 2. The van der Waals surface area contributed by atoms with E-state index in [0.717, 1.165) is 33.3 Å². The molecule has 3 heteroatoms. The fourth-order valence-electron chi connectivity index (χ4n) is 2.75. The number of rotatable bonds is 1. The van der Waals surface area contributed by atoms with Gasteiger partial charge in [0, 0.05) is 17.3 Å². The van der Waals surface area contributed by atoms with Gasteiger partial charge >= 0.3 is 0 Å². The highest BCUT2D eigenvalue weighted by atomic mass is 15.0. The Morgan fingerprint density at radius 3 is 2.55 bits per heavy atom. The summed E-state index contributed by atoms with van der Waals surface area (Å²) in [6.07, 6.45) is 1.82. The van der Waals surface area contributed by atoms with Crippen molar-refractivity contribution in [2.24, 2.45) is 0 Å². The lowest BCUT2D eigenvalue weighted by molar-refractivity contribution is 1.18. The van der Waals surface area contributed by atoms with E-state index in [9.17, 15) is 0 Å². The maximum absolute atomic E-state index is 6.21. The zero-order valence-electron chi connectivity index (χ0n) is 10.8. The molecule has 2 aromatic carbocycles. The Morgan fingerprint density at radius 2 is 1.70 bits per heavy atom. The molecule has 4 aromatic rings. The van der Waals surface area contributed by atoms with E-state index in [4.69, 9.17) is 5.73 Å². The molecule has 3 nitrogen and oxygen atoms in total. The lowest BCUT2D eigenvalue weighted by Gasteiger charge is -2.08. The van der Waals surface area contributed by atoms with Crippen molar-refractivity contribution in [3.63, 3.8) is 0 Å². The van der Waals surface area contributed by atoms with Gasteiger partial charge in [0.1, 0.15) is 0 Å². The van der Waals surface area contributed by atoms with Gasteiger partial charge in [0.2, 0.25) is 0 Å². The van der Waals surface area contributed by atoms with Crippen molar-refractivity contribution in [1.82, 2.24) is 9.55 Å². The van der Waals surface area contributed by atoms with Crippen LogP contribution in [-0.2, 0) is 0 Å². The van der Waals surface area contributed by atoms with Crippen LogP contribution in [0.15, 0.2) is 66.9 Å². The molecule has 0 saturated heterocycles. The molecule has 0 fully saturated rings. The topological polar surface area (TPSA) is 43.8 Å². The third-order valence-electron chi connectivity index (χ3n) is 3.59. The molecule has 0 amide bonds. The second-order valence-corrected chi connectivity index (χ2v) is 4.79. The summed E-state index contributed by atoms with van der Waals surface area (Å²) in [5.74, 6) is 0. The summed E-state index contributed by atoms with van der Waals surface area (Å²) in [6.45, 7) is 0. The number of hydrogen-bond acceptors (Lipinski definition) is 2. The fraction of sp³-hybridized carbons (Fsp3) is 0. The average Bonchev–Trinajstić information content (AvgIpc) is 2.84. The second-order valence-electron chi connectivity index (χ2n) is 4.79. The van der Waals surface area contributed by atoms with Gasteiger partial charge in [-0.1, -0.05) is 30.3 Å². The van der Waals surface area contributed by atoms with E-state index in [1.165, 1.54) is 0 Å². The van der Waals surface area contributed by atoms with Crippen molar-refractivity contribution >= 4 is 27.6 Å². The molecule has 0 bridgehead atoms. The van der Waals surface area contributed by atoms with E-state index >= 15 is 0 Å². The Labute approximate surface area is 116 Å². The van der Waals surface area contributed by atoms with Gasteiger partial charge in [-0.05, 0) is 30.3 Å². The SMILES string of the molecule is Nc1cccc2c3ncccc3n(-c3ccccc3)c12. The number of para-hydroxylation sites is 2. The second kappa shape index (κ2) is 4.10. The minimum atomic E-state index is 0.768. The highest BCUT2D eigenvalue weighted by Gasteiger charge is 2.14. The van der Waals surface area contributed by atoms with Crippen LogP contribution in [0.3, 0.4) is 0 Å². The minimum Gasteiger partial charge on any atom is -0.397 e. The Kier molecular flexibility index (Phi) is 2.27. The largest absolute Gasteiger partial charge is 0.397 e. The third-order valence-corrected chi connectivity index (χ3v) is 3.59. The van der Waals surface area contributed by atoms with E-state index in [1.54, 1.807) is 0 Å². The van der Waals surface area contributed by atoms with Gasteiger partial charge in [0.15, 0.2) is 0 Å². The molecule has 0 aliphatic rings. The van der Waals surface area contributed by atoms with Gasteiger partial charge in [-0.3, -0.25) is 4.98 Å². The van der Waals surface area contributed by atoms with Gasteiger partial charge in [-0.25, -0.2) is 0 Å². The lowest BCUT2D eigenvalue weighted by Crippen LogP contribution is -1.96. The van der Waals surface area contributed by atoms with Crippen LogP contribution in [0.4, 0.5) is 5.69 Å². The smallest absolute Gasteiger partial charge is 0.0964 e. The van der Waals surface area contributed by atoms with Gasteiger partial charge in [0.05, 0.1) is 22.2 Å². The average molecular weight is 259 g/mol. The quantitative estimate of drug-likeness (QED) is 0.529. The van der Waals surface area contributed by atoms with Gasteiger partial charge in [-0.15, -0.1) is 0 Å². The Balaban J connectivity index is 2.27. The van der Waals surface area contributed by atoms with Crippen molar-refractivity contribution in [3.8, 4) is 5.69 Å². The fourth-order valence-corrected chi connectivity index (χ4v) is 2.75. The number of benzene rings is 2. The predicted octanol–water partition coefficient (Wildman–Crippen LogP) is 3.76. The van der Waals surface area contributed by atoms with Crippen LogP contribution in [-0.4, -0.2) is 9.55 Å². The van der Waals surface area contributed by atoms with Gasteiger partial charge in [0.25, 0.3) is 0 Å². The summed E-state index contributed by atoms with van der Waals surface area (Å²) in [5.41, 5.74) is 11.2. The molecule has 20 heavy (non-hydrogen) atoms. The summed E-state index contributed by atoms with van der Waals surface area (Å²) < 4.78 is 2.17. The molecule has 2 aromatic heterocycles. The van der Waals surface area contributed by atoms with Crippen LogP contribution in [0.5, 0.6) is 0 Å². The standard InChI is InChI=1S/C17H13N3/c18-14-9-4-8-13-16-15(10-5-11-19-16)20(17(13)14)12-6-2-1-3-7-12/h1-11H,18H2. The van der Waals surface area contributed by atoms with Crippen molar-refractivity contribution in [2.75, 3.05) is 5.73 Å². The van der Waals surface area contributed by atoms with E-state index in [-0.39, 0.29) is 0 Å². The van der Waals surface area contributed by atoms with Crippen LogP contribution < -0.4 is 5.73 Å². The maximum atomic E-state index is 6.21. The first-order valence-corrected chi connectivity index (χ1v) is 6.55. The summed E-state index contributed by atoms with van der Waals surface area (Å²) >= 11 is 0. The summed E-state index contributed by atoms with van der Waals surface area (Å²) in [4.78, 5) is 4.52. The molecule has 0 radical (unpaired) electrons. The zero-order chi connectivity index (χ0) is 13.5. The van der Waals surface area contributed by atoms with E-state index in [0.29, 0.717) is 0 Å². The molecule has 0 aliphatic heterocycles. The molecule has 0 spiro atoms. The van der Waals surface area contributed by atoms with Crippen LogP contribution >= 0.6 is 0 Å². The monoisotopic (exact) mass is 259 g/mol. The van der Waals surface area contributed by atoms with Crippen molar-refractivity contribution in [2.45, 2.75) is 0 Å². The minimum absolute atomic E-state index is 0.768. The zero-order valence-corrected chi connectivity index (χ0v) is 10.8. The van der Waals surface area contributed by atoms with Crippen LogP contribution in [0, 0.1) is 0 Å². The van der Waals surface area contributed by atoms with Crippen LogP contribution in [0.25, 0.3) is 27.6 Å². The van der Waals surface area contributed by atoms with E-state index < -0.39 is 0 Å². The lowest BCUT2D eigenvalue weighted by atomic mass is 10.2. The number of pyridine rings is 1. The number of fused-ring (bicyclic) bond motifs is 3. The highest BCUT2D eigenvalue weighted by molar-refractivity contribution is 6.10. The third kappa shape index (κ3) is 1.43. The number of hydrogen-bond donors (Lipinski definition) is 1. The van der Waals surface area contributed by atoms with Crippen molar-refractivity contribution < 1.29 is 0 Å². The van der Waals surface area contributed by atoms with Crippen molar-refractivity contribution in [3.05, 3.63) is 66.9 Å². The first kappa shape index (κ1) is 11.1. The summed E-state index contributed by atoms with van der Waals surface area (Å²) in [5, 5.41) is 1.09. The van der Waals surface area contributed by atoms with Crippen LogP contribution in [0.2, 0.25) is 0 Å². The molecule has 96 valence electrons. The summed E-state index contributed by atoms with van der Waals surface area (Å²) in [6, 6.07) is 20.2. The molecule has 4 rings (SSSR count). The number of nitrogens with zero attached hydrogens (tertiary/aromatic N) is 2. The Morgan fingerprint density at radius 1 is 0.850 bits per heavy atom. The first-order valence-electron chi connectivity index (χ1n) is 6.55. The molecule has 0 atom stereocenters. The Bertz CT molecular complexity index is 907. The normalized spacial score (nSPS) is 11.2. The molecule has 2 heterocycles. The number of anilines is 1. The van der Waals surface area contributed by atoms with E-state index in [2.05, 4.69) is 33.8 Å². The maximum Gasteiger partial charge on any atom is 0.0964 e. The molecule has 0 unspecified atom stereocenters. The van der Waals surface area contributed by atoms with Crippen molar-refractivity contribution in [1.29, 1.82) is 0 Å². The Hall–Kier alpha value is -2.81. The summed E-state index contributed by atoms with van der Waals surface area (Å²) in [7, 11) is 0. The predicted molar refractivity (Wildman–Crippen MR) is 83.0 cm³/mol. The van der Waals surface area contributed by atoms with Crippen LogP contribution in [0.1, 0.15) is 0 Å². The molecule has 0 saturated carbocycles. The molecule has 0 aliphatic carbocycles. The first-order chi connectivity index (χ1) is 9.86. The number of nitrogen functional groups attached to an aromatic ring is 1. The van der Waals surface area contributed by atoms with Gasteiger partial charge < -0.3 is 10.3 Å². The molecule has 2 N–H and O–H groups in total. The highest BCUT2D eigenvalue weighted by Crippen LogP contribution is 2.33. The van der Waals surface area contributed by atoms with E-state index in [1.807, 2.05) is 42.6 Å². The molecular weight excluding hydrogens is 246 g/mol. The molecular formula is C17H13N3.